The molecule has 1 amide bonds. The van der Waals surface area contributed by atoms with E-state index in [1.165, 1.54) is 4.90 Å². The van der Waals surface area contributed by atoms with Gasteiger partial charge in [-0.3, -0.25) is 4.79 Å². The van der Waals surface area contributed by atoms with Gasteiger partial charge >= 0.3 is 6.18 Å². The van der Waals surface area contributed by atoms with Crippen LogP contribution in [0.5, 0.6) is 0 Å². The van der Waals surface area contributed by atoms with Crippen LogP contribution in [0.15, 0.2) is 10.7 Å². The summed E-state index contributed by atoms with van der Waals surface area (Å²) in [6.07, 6.45) is -4.28. The molecule has 0 aromatic carbocycles. The topological polar surface area (TPSA) is 58.4 Å². The SMILES string of the molecule is CCN1C(NC=O)=C(C(F)(F)F)SC1N. The lowest BCUT2D eigenvalue weighted by Crippen LogP contribution is -2.39. The Labute approximate surface area is 88.7 Å². The van der Waals surface area contributed by atoms with Crippen molar-refractivity contribution < 1.29 is 18.0 Å². The summed E-state index contributed by atoms with van der Waals surface area (Å²) in [5, 5.41) is 2.04. The van der Waals surface area contributed by atoms with Gasteiger partial charge in [-0.15, -0.1) is 0 Å². The van der Waals surface area contributed by atoms with Gasteiger partial charge in [0.25, 0.3) is 0 Å². The monoisotopic (exact) mass is 241 g/mol. The Balaban J connectivity index is 3.05. The van der Waals surface area contributed by atoms with Crippen LogP contribution in [0.3, 0.4) is 0 Å². The van der Waals surface area contributed by atoms with Gasteiger partial charge in [0.15, 0.2) is 0 Å². The number of nitrogens with two attached hydrogens (primary N) is 1. The number of alkyl halides is 3. The molecule has 1 aliphatic heterocycles. The molecule has 0 aromatic heterocycles. The van der Waals surface area contributed by atoms with E-state index in [2.05, 4.69) is 0 Å². The maximum absolute atomic E-state index is 12.5. The van der Waals surface area contributed by atoms with Crippen LogP contribution in [0.2, 0.25) is 0 Å². The first-order valence-corrected chi connectivity index (χ1v) is 5.00. The highest BCUT2D eigenvalue weighted by molar-refractivity contribution is 8.03. The van der Waals surface area contributed by atoms with Crippen LogP contribution in [0, 0.1) is 0 Å². The third-order valence-corrected chi connectivity index (χ3v) is 3.00. The number of halogens is 3. The summed E-state index contributed by atoms with van der Waals surface area (Å²) in [7, 11) is 0. The molecule has 1 unspecified atom stereocenters. The molecule has 0 aliphatic carbocycles. The molecule has 0 bridgehead atoms. The smallest absolute Gasteiger partial charge is 0.333 e. The summed E-state index contributed by atoms with van der Waals surface area (Å²) in [6, 6.07) is 0. The summed E-state index contributed by atoms with van der Waals surface area (Å²) < 4.78 is 37.5. The molecule has 8 heteroatoms. The van der Waals surface area contributed by atoms with Gasteiger partial charge in [-0.2, -0.15) is 13.2 Å². The number of nitrogens with zero attached hydrogens (tertiary/aromatic N) is 1. The van der Waals surface area contributed by atoms with Crippen LogP contribution in [-0.2, 0) is 4.79 Å². The zero-order valence-electron chi connectivity index (χ0n) is 7.84. The highest BCUT2D eigenvalue weighted by atomic mass is 32.2. The van der Waals surface area contributed by atoms with Crippen molar-refractivity contribution in [2.45, 2.75) is 18.6 Å². The number of hydrogen-bond acceptors (Lipinski definition) is 4. The van der Waals surface area contributed by atoms with Crippen molar-refractivity contribution in [1.29, 1.82) is 0 Å². The number of amides is 1. The molecule has 1 atom stereocenters. The third kappa shape index (κ3) is 2.37. The lowest BCUT2D eigenvalue weighted by Gasteiger charge is -2.23. The molecule has 3 N–H and O–H groups in total. The van der Waals surface area contributed by atoms with E-state index in [0.29, 0.717) is 18.3 Å². The quantitative estimate of drug-likeness (QED) is 0.717. The molecule has 1 aliphatic rings. The van der Waals surface area contributed by atoms with E-state index in [9.17, 15) is 18.0 Å². The van der Waals surface area contributed by atoms with Gasteiger partial charge in [-0.05, 0) is 6.92 Å². The lowest BCUT2D eigenvalue weighted by molar-refractivity contribution is -0.109. The molecule has 1 heterocycles. The highest BCUT2D eigenvalue weighted by Crippen LogP contribution is 2.43. The van der Waals surface area contributed by atoms with Crippen LogP contribution in [0.25, 0.3) is 0 Å². The zero-order chi connectivity index (χ0) is 11.6. The van der Waals surface area contributed by atoms with Crippen molar-refractivity contribution in [3.05, 3.63) is 10.7 Å². The maximum Gasteiger partial charge on any atom is 0.425 e. The van der Waals surface area contributed by atoms with Crippen LogP contribution < -0.4 is 11.1 Å². The summed E-state index contributed by atoms with van der Waals surface area (Å²) in [6.45, 7) is 1.95. The van der Waals surface area contributed by atoms with Crippen LogP contribution in [0.4, 0.5) is 13.2 Å². The Morgan fingerprint density at radius 3 is 2.67 bits per heavy atom. The zero-order valence-corrected chi connectivity index (χ0v) is 8.65. The molecule has 86 valence electrons. The molecule has 0 aromatic rings. The van der Waals surface area contributed by atoms with Crippen molar-refractivity contribution >= 4 is 18.2 Å². The lowest BCUT2D eigenvalue weighted by atomic mass is 10.4. The third-order valence-electron chi connectivity index (χ3n) is 1.84. The predicted octanol–water partition coefficient (Wildman–Crippen LogP) is 0.775. The van der Waals surface area contributed by atoms with E-state index in [0.717, 1.165) is 0 Å². The summed E-state index contributed by atoms with van der Waals surface area (Å²) in [5.41, 5.74) is 4.68. The van der Waals surface area contributed by atoms with E-state index >= 15 is 0 Å². The molecule has 0 radical (unpaired) electrons. The Morgan fingerprint density at radius 2 is 2.27 bits per heavy atom. The molecule has 0 spiro atoms. The number of thioether (sulfide) groups is 1. The number of hydrogen-bond donors (Lipinski definition) is 2. The Bertz CT molecular complexity index is 292. The summed E-state index contributed by atoms with van der Waals surface area (Å²) in [4.78, 5) is 10.6. The number of rotatable bonds is 3. The normalized spacial score (nSPS) is 22.2. The van der Waals surface area contributed by atoms with E-state index < -0.39 is 16.6 Å². The first-order chi connectivity index (χ1) is 6.91. The van der Waals surface area contributed by atoms with Crippen LogP contribution in [0.1, 0.15) is 6.92 Å². The molecule has 15 heavy (non-hydrogen) atoms. The fourth-order valence-corrected chi connectivity index (χ4v) is 2.29. The minimum Gasteiger partial charge on any atom is -0.333 e. The largest absolute Gasteiger partial charge is 0.425 e. The minimum atomic E-state index is -4.49. The molecular weight excluding hydrogens is 231 g/mol. The number of carbonyl (C=O) groups excluding carboxylic acids is 1. The van der Waals surface area contributed by atoms with Crippen molar-refractivity contribution in [2.24, 2.45) is 5.73 Å². The van der Waals surface area contributed by atoms with Gasteiger partial charge in [-0.25, -0.2) is 0 Å². The van der Waals surface area contributed by atoms with Gasteiger partial charge < -0.3 is 16.0 Å². The summed E-state index contributed by atoms with van der Waals surface area (Å²) in [5.74, 6) is -0.266. The van der Waals surface area contributed by atoms with Gasteiger partial charge in [0.05, 0.1) is 0 Å². The fraction of sp³-hybridized carbons (Fsp3) is 0.571. The second kappa shape index (κ2) is 4.31. The Hall–Kier alpha value is -0.890. The molecule has 0 fully saturated rings. The molecule has 4 nitrogen and oxygen atoms in total. The van der Waals surface area contributed by atoms with Gasteiger partial charge in [0.2, 0.25) is 6.41 Å². The second-order valence-corrected chi connectivity index (χ2v) is 3.86. The molecule has 0 saturated carbocycles. The maximum atomic E-state index is 12.5. The minimum absolute atomic E-state index is 0.211. The first kappa shape index (κ1) is 12.2. The van der Waals surface area contributed by atoms with Gasteiger partial charge in [0.1, 0.15) is 16.2 Å². The van der Waals surface area contributed by atoms with Crippen molar-refractivity contribution in [3.8, 4) is 0 Å². The Morgan fingerprint density at radius 1 is 1.67 bits per heavy atom. The van der Waals surface area contributed by atoms with E-state index in [1.54, 1.807) is 6.92 Å². The molecule has 1 rings (SSSR count). The van der Waals surface area contributed by atoms with Crippen LogP contribution in [-0.4, -0.2) is 29.5 Å². The van der Waals surface area contributed by atoms with Crippen molar-refractivity contribution in [1.82, 2.24) is 10.2 Å². The number of allylic oxidation sites excluding steroid dienone is 1. The van der Waals surface area contributed by atoms with Gasteiger partial charge in [-0.1, -0.05) is 11.8 Å². The van der Waals surface area contributed by atoms with E-state index in [1.807, 2.05) is 5.32 Å². The average Bonchev–Trinajstić information content (AvgIpc) is 2.42. The van der Waals surface area contributed by atoms with Crippen molar-refractivity contribution in [2.75, 3.05) is 6.54 Å². The molecule has 0 saturated heterocycles. The fourth-order valence-electron chi connectivity index (χ4n) is 1.24. The number of nitrogens with one attached hydrogen (secondary N) is 1. The highest BCUT2D eigenvalue weighted by Gasteiger charge is 2.44. The molecular formula is C7H10F3N3OS. The second-order valence-electron chi connectivity index (χ2n) is 2.73. The first-order valence-electron chi connectivity index (χ1n) is 4.12. The summed E-state index contributed by atoms with van der Waals surface area (Å²) >= 11 is 0.490. The average molecular weight is 241 g/mol. The van der Waals surface area contributed by atoms with Gasteiger partial charge in [0, 0.05) is 6.54 Å². The van der Waals surface area contributed by atoms with Crippen LogP contribution >= 0.6 is 11.8 Å². The van der Waals surface area contributed by atoms with E-state index in [-0.39, 0.29) is 12.2 Å². The number of carbonyl (C=O) groups is 1. The van der Waals surface area contributed by atoms with Crippen molar-refractivity contribution in [3.63, 3.8) is 0 Å². The van der Waals surface area contributed by atoms with E-state index in [4.69, 9.17) is 5.73 Å². The predicted molar refractivity (Wildman–Crippen MR) is 50.2 cm³/mol. The standard InChI is InChI=1S/C7H10F3N3OS/c1-2-13-5(12-3-14)4(7(8,9)10)15-6(13)11/h3,6H,2,11H2,1H3,(H,12,14). The Kier molecular flexibility index (Phi) is 3.50.